The van der Waals surface area contributed by atoms with Gasteiger partial charge in [-0.2, -0.15) is 0 Å². The summed E-state index contributed by atoms with van der Waals surface area (Å²) < 4.78 is 29.0. The smallest absolute Gasteiger partial charge is 0.293 e. The molecular weight excluding hydrogens is 204 g/mol. The first kappa shape index (κ1) is 9.83. The van der Waals surface area contributed by atoms with Crippen molar-refractivity contribution in [3.63, 3.8) is 0 Å². The molecule has 80 valence electrons. The van der Waals surface area contributed by atoms with Gasteiger partial charge in [-0.05, 0) is 19.8 Å². The lowest BCUT2D eigenvalue weighted by Gasteiger charge is -2.31. The Morgan fingerprint density at radius 3 is 2.29 bits per heavy atom. The van der Waals surface area contributed by atoms with E-state index in [1.54, 1.807) is 0 Å². The van der Waals surface area contributed by atoms with Gasteiger partial charge in [-0.1, -0.05) is 6.42 Å². The highest BCUT2D eigenvalue weighted by Gasteiger charge is 2.54. The fraction of sp³-hybridized carbons (Fsp3) is 0.778. The van der Waals surface area contributed by atoms with Crippen molar-refractivity contribution in [2.75, 3.05) is 0 Å². The van der Waals surface area contributed by atoms with Crippen LogP contribution in [0.1, 0.15) is 39.0 Å². The first-order chi connectivity index (χ1) is 6.50. The third kappa shape index (κ3) is 1.08. The Bertz CT molecular complexity index is 374. The number of hydrogen-bond acceptors (Lipinski definition) is 4. The summed E-state index contributed by atoms with van der Waals surface area (Å²) in [6.07, 6.45) is 3.73. The van der Waals surface area contributed by atoms with E-state index in [1.807, 2.05) is 0 Å². The van der Waals surface area contributed by atoms with Gasteiger partial charge in [-0.25, -0.2) is 8.42 Å². The standard InChI is InChI=1S/C9H14O4S/c1-7-8(10)13-9(14(7,11)12)5-3-2-4-6-9/h10H,2-6H2,1H3. The van der Waals surface area contributed by atoms with E-state index in [1.165, 1.54) is 6.92 Å². The van der Waals surface area contributed by atoms with E-state index in [-0.39, 0.29) is 4.91 Å². The van der Waals surface area contributed by atoms with Gasteiger partial charge < -0.3 is 9.84 Å². The van der Waals surface area contributed by atoms with Crippen molar-refractivity contribution in [1.82, 2.24) is 0 Å². The number of aliphatic hydroxyl groups excluding tert-OH is 1. The summed E-state index contributed by atoms with van der Waals surface area (Å²) in [5.41, 5.74) is 0. The van der Waals surface area contributed by atoms with Crippen LogP contribution in [-0.2, 0) is 14.6 Å². The van der Waals surface area contributed by atoms with Crippen LogP contribution in [-0.4, -0.2) is 18.5 Å². The molecule has 0 saturated heterocycles. The van der Waals surface area contributed by atoms with Crippen LogP contribution in [0.3, 0.4) is 0 Å². The normalized spacial score (nSPS) is 29.2. The second-order valence-electron chi connectivity index (χ2n) is 3.94. The number of hydrogen-bond donors (Lipinski definition) is 1. The molecule has 1 aliphatic heterocycles. The van der Waals surface area contributed by atoms with E-state index in [0.717, 1.165) is 19.3 Å². The van der Waals surface area contributed by atoms with Gasteiger partial charge in [0, 0.05) is 12.8 Å². The Hall–Kier alpha value is -0.710. The molecule has 1 spiro atoms. The van der Waals surface area contributed by atoms with Crippen LogP contribution in [0.2, 0.25) is 0 Å². The fourth-order valence-electron chi connectivity index (χ4n) is 2.16. The number of aliphatic hydroxyl groups is 1. The highest BCUT2D eigenvalue weighted by atomic mass is 32.2. The third-order valence-electron chi connectivity index (χ3n) is 3.09. The van der Waals surface area contributed by atoms with E-state index in [4.69, 9.17) is 4.74 Å². The lowest BCUT2D eigenvalue weighted by molar-refractivity contribution is -0.00821. The van der Waals surface area contributed by atoms with Crippen LogP contribution in [0.15, 0.2) is 10.9 Å². The molecule has 4 nitrogen and oxygen atoms in total. The average molecular weight is 218 g/mol. The van der Waals surface area contributed by atoms with E-state index in [2.05, 4.69) is 0 Å². The number of allylic oxidation sites excluding steroid dienone is 1. The highest BCUT2D eigenvalue weighted by molar-refractivity contribution is 7.96. The van der Waals surface area contributed by atoms with Gasteiger partial charge in [0.25, 0.3) is 5.95 Å². The lowest BCUT2D eigenvalue weighted by Crippen LogP contribution is -2.39. The zero-order valence-corrected chi connectivity index (χ0v) is 8.93. The van der Waals surface area contributed by atoms with E-state index >= 15 is 0 Å². The third-order valence-corrected chi connectivity index (χ3v) is 5.54. The molecule has 1 aliphatic carbocycles. The summed E-state index contributed by atoms with van der Waals surface area (Å²) in [4.78, 5) is -1.15. The molecule has 1 fully saturated rings. The molecule has 1 saturated carbocycles. The Kier molecular flexibility index (Phi) is 2.03. The Morgan fingerprint density at radius 1 is 1.29 bits per heavy atom. The molecule has 0 bridgehead atoms. The van der Waals surface area contributed by atoms with Crippen LogP contribution in [0, 0.1) is 0 Å². The molecule has 1 heterocycles. The van der Waals surface area contributed by atoms with Crippen molar-refractivity contribution in [2.24, 2.45) is 0 Å². The largest absolute Gasteiger partial charge is 0.480 e. The Morgan fingerprint density at radius 2 is 1.86 bits per heavy atom. The lowest BCUT2D eigenvalue weighted by atomic mass is 9.97. The fourth-order valence-corrected chi connectivity index (χ4v) is 4.00. The summed E-state index contributed by atoms with van der Waals surface area (Å²) in [6, 6.07) is 0. The summed E-state index contributed by atoms with van der Waals surface area (Å²) >= 11 is 0. The zero-order chi connectivity index (χ0) is 10.4. The number of rotatable bonds is 0. The second kappa shape index (κ2) is 2.89. The van der Waals surface area contributed by atoms with Crippen molar-refractivity contribution in [1.29, 1.82) is 0 Å². The van der Waals surface area contributed by atoms with Crippen molar-refractivity contribution in [3.8, 4) is 0 Å². The quantitative estimate of drug-likeness (QED) is 0.673. The number of sulfone groups is 1. The van der Waals surface area contributed by atoms with Gasteiger partial charge >= 0.3 is 0 Å². The van der Waals surface area contributed by atoms with Gasteiger partial charge in [-0.3, -0.25) is 0 Å². The first-order valence-electron chi connectivity index (χ1n) is 4.83. The molecule has 2 aliphatic rings. The number of ether oxygens (including phenoxy) is 1. The van der Waals surface area contributed by atoms with Crippen molar-refractivity contribution in [3.05, 3.63) is 10.9 Å². The van der Waals surface area contributed by atoms with Crippen molar-refractivity contribution >= 4 is 9.84 Å². The van der Waals surface area contributed by atoms with Crippen molar-refractivity contribution < 1.29 is 18.3 Å². The van der Waals surface area contributed by atoms with Crippen molar-refractivity contribution in [2.45, 2.75) is 44.0 Å². The molecule has 0 unspecified atom stereocenters. The SMILES string of the molecule is CC1=C(O)OC2(CCCCC2)S1(=O)=O. The molecule has 0 radical (unpaired) electrons. The van der Waals surface area contributed by atoms with E-state index in [9.17, 15) is 13.5 Å². The predicted molar refractivity (Wildman–Crippen MR) is 51.1 cm³/mol. The van der Waals surface area contributed by atoms with Gasteiger partial charge in [0.1, 0.15) is 4.91 Å². The summed E-state index contributed by atoms with van der Waals surface area (Å²) in [5.74, 6) is -0.410. The van der Waals surface area contributed by atoms with Crippen LogP contribution >= 0.6 is 0 Å². The maximum Gasteiger partial charge on any atom is 0.293 e. The first-order valence-corrected chi connectivity index (χ1v) is 6.31. The average Bonchev–Trinajstić information content (AvgIpc) is 2.30. The van der Waals surface area contributed by atoms with Gasteiger partial charge in [0.15, 0.2) is 0 Å². The molecule has 14 heavy (non-hydrogen) atoms. The molecule has 0 aromatic rings. The minimum atomic E-state index is -3.43. The Balaban J connectivity index is 2.42. The van der Waals surface area contributed by atoms with Crippen LogP contribution in [0.25, 0.3) is 0 Å². The van der Waals surface area contributed by atoms with Crippen LogP contribution < -0.4 is 0 Å². The van der Waals surface area contributed by atoms with E-state index in [0.29, 0.717) is 12.8 Å². The molecule has 1 N–H and O–H groups in total. The topological polar surface area (TPSA) is 63.6 Å². The maximum absolute atomic E-state index is 11.9. The molecule has 2 rings (SSSR count). The highest BCUT2D eigenvalue weighted by Crippen LogP contribution is 2.45. The second-order valence-corrected chi connectivity index (χ2v) is 6.30. The molecule has 0 aromatic carbocycles. The molecular formula is C9H14O4S. The van der Waals surface area contributed by atoms with Crippen LogP contribution in [0.5, 0.6) is 0 Å². The maximum atomic E-state index is 11.9. The van der Waals surface area contributed by atoms with E-state index < -0.39 is 20.7 Å². The molecule has 0 amide bonds. The van der Waals surface area contributed by atoms with Gasteiger partial charge in [0.05, 0.1) is 0 Å². The summed E-state index contributed by atoms with van der Waals surface area (Å²) in [5, 5.41) is 9.33. The molecule has 0 aromatic heterocycles. The monoisotopic (exact) mass is 218 g/mol. The molecule has 5 heteroatoms. The minimum absolute atomic E-state index is 0.0144. The summed E-state index contributed by atoms with van der Waals surface area (Å²) in [7, 11) is -3.43. The molecule has 0 atom stereocenters. The zero-order valence-electron chi connectivity index (χ0n) is 8.12. The van der Waals surface area contributed by atoms with Crippen LogP contribution in [0.4, 0.5) is 0 Å². The van der Waals surface area contributed by atoms with Gasteiger partial charge in [0.2, 0.25) is 14.8 Å². The summed E-state index contributed by atoms with van der Waals surface area (Å²) in [6.45, 7) is 1.40. The Labute approximate surface area is 83.5 Å². The predicted octanol–water partition coefficient (Wildman–Crippen LogP) is 1.84. The minimum Gasteiger partial charge on any atom is -0.480 e. The van der Waals surface area contributed by atoms with Gasteiger partial charge in [-0.15, -0.1) is 0 Å².